The first-order chi connectivity index (χ1) is 8.86. The fraction of sp³-hybridized carbons (Fsp3) is 0.154. The van der Waals surface area contributed by atoms with Crippen molar-refractivity contribution >= 4 is 10.0 Å². The van der Waals surface area contributed by atoms with Gasteiger partial charge in [-0.3, -0.25) is 0 Å². The Morgan fingerprint density at radius 2 is 1.84 bits per heavy atom. The summed E-state index contributed by atoms with van der Waals surface area (Å²) in [5.74, 6) is 0.967. The second kappa shape index (κ2) is 4.99. The predicted octanol–water partition coefficient (Wildman–Crippen LogP) is 2.14. The molecule has 0 atom stereocenters. The summed E-state index contributed by atoms with van der Waals surface area (Å²) in [5.41, 5.74) is 2.28. The van der Waals surface area contributed by atoms with Crippen LogP contribution in [0, 0.1) is 13.8 Å². The lowest BCUT2D eigenvalue weighted by Gasteiger charge is -2.07. The molecule has 2 rings (SSSR count). The van der Waals surface area contributed by atoms with E-state index < -0.39 is 10.0 Å². The van der Waals surface area contributed by atoms with Crippen molar-refractivity contribution in [2.45, 2.75) is 18.7 Å². The molecule has 0 aliphatic carbocycles. The van der Waals surface area contributed by atoms with Crippen LogP contribution < -0.4 is 9.88 Å². The Hall–Kier alpha value is -1.92. The predicted molar refractivity (Wildman–Crippen MR) is 71.6 cm³/mol. The van der Waals surface area contributed by atoms with Gasteiger partial charge in [0.2, 0.25) is 15.9 Å². The monoisotopic (exact) mass is 278 g/mol. The molecule has 0 amide bonds. The van der Waals surface area contributed by atoms with Gasteiger partial charge in [-0.05, 0) is 43.2 Å². The van der Waals surface area contributed by atoms with Crippen LogP contribution in [0.2, 0.25) is 0 Å². The molecule has 0 radical (unpaired) electrons. The van der Waals surface area contributed by atoms with E-state index in [9.17, 15) is 8.42 Å². The number of nitrogens with zero attached hydrogens (tertiary/aromatic N) is 1. The van der Waals surface area contributed by atoms with Gasteiger partial charge in [-0.2, -0.15) is 0 Å². The fourth-order valence-corrected chi connectivity index (χ4v) is 1.95. The lowest BCUT2D eigenvalue weighted by Crippen LogP contribution is -2.12. The summed E-state index contributed by atoms with van der Waals surface area (Å²) in [6.45, 7) is 4.00. The first-order valence-electron chi connectivity index (χ1n) is 5.60. The van der Waals surface area contributed by atoms with Crippen LogP contribution in [0.5, 0.6) is 11.6 Å². The van der Waals surface area contributed by atoms with Crippen molar-refractivity contribution in [3.63, 3.8) is 0 Å². The first-order valence-corrected chi connectivity index (χ1v) is 7.15. The minimum Gasteiger partial charge on any atom is -0.439 e. The third kappa shape index (κ3) is 3.30. The number of aromatic nitrogens is 1. The molecule has 1 heterocycles. The molecule has 0 aliphatic heterocycles. The number of hydrogen-bond donors (Lipinski definition) is 1. The smallest absolute Gasteiger partial charge is 0.239 e. The summed E-state index contributed by atoms with van der Waals surface area (Å²) in [5, 5.41) is 4.99. The summed E-state index contributed by atoms with van der Waals surface area (Å²) < 4.78 is 27.7. The van der Waals surface area contributed by atoms with Gasteiger partial charge < -0.3 is 4.74 Å². The Morgan fingerprint density at radius 1 is 1.11 bits per heavy atom. The number of aryl methyl sites for hydroxylation is 2. The van der Waals surface area contributed by atoms with Gasteiger partial charge in [0.25, 0.3) is 0 Å². The Bertz CT molecular complexity index is 694. The second-order valence-corrected chi connectivity index (χ2v) is 5.79. The molecule has 100 valence electrons. The van der Waals surface area contributed by atoms with Crippen LogP contribution in [0.25, 0.3) is 0 Å². The van der Waals surface area contributed by atoms with Crippen LogP contribution in [0.1, 0.15) is 11.1 Å². The van der Waals surface area contributed by atoms with Crippen LogP contribution in [0.15, 0.2) is 41.4 Å². The molecule has 0 fully saturated rings. The maximum absolute atomic E-state index is 11.1. The van der Waals surface area contributed by atoms with Gasteiger partial charge in [-0.1, -0.05) is 6.07 Å². The minimum absolute atomic E-state index is 0.0417. The van der Waals surface area contributed by atoms with Crippen molar-refractivity contribution in [3.8, 4) is 11.6 Å². The average Bonchev–Trinajstić information content (AvgIpc) is 2.33. The zero-order valence-corrected chi connectivity index (χ0v) is 11.4. The zero-order valence-electron chi connectivity index (χ0n) is 10.6. The summed E-state index contributed by atoms with van der Waals surface area (Å²) in [6.07, 6.45) is 1.17. The summed E-state index contributed by atoms with van der Waals surface area (Å²) in [7, 11) is -3.72. The van der Waals surface area contributed by atoms with E-state index >= 15 is 0 Å². The number of primary sulfonamides is 1. The van der Waals surface area contributed by atoms with Gasteiger partial charge >= 0.3 is 0 Å². The molecule has 5 nitrogen and oxygen atoms in total. The Kier molecular flexibility index (Phi) is 3.55. The number of nitrogens with two attached hydrogens (primary N) is 1. The molecule has 19 heavy (non-hydrogen) atoms. The molecule has 0 saturated carbocycles. The lowest BCUT2D eigenvalue weighted by molar-refractivity contribution is 0.461. The third-order valence-corrected chi connectivity index (χ3v) is 3.64. The lowest BCUT2D eigenvalue weighted by atomic mass is 10.1. The summed E-state index contributed by atoms with van der Waals surface area (Å²) in [4.78, 5) is 3.87. The van der Waals surface area contributed by atoms with Crippen molar-refractivity contribution in [2.24, 2.45) is 5.14 Å². The Labute approximate surface area is 112 Å². The molecule has 2 N–H and O–H groups in total. The summed E-state index contributed by atoms with van der Waals surface area (Å²) >= 11 is 0. The van der Waals surface area contributed by atoms with Crippen molar-refractivity contribution in [3.05, 3.63) is 47.7 Å². The highest BCUT2D eigenvalue weighted by Crippen LogP contribution is 2.22. The molecule has 1 aromatic carbocycles. The number of hydrogen-bond acceptors (Lipinski definition) is 4. The molecule has 2 aromatic rings. The number of sulfonamides is 1. The van der Waals surface area contributed by atoms with E-state index in [4.69, 9.17) is 9.88 Å². The molecule has 0 unspecified atom stereocenters. The molecule has 0 bridgehead atoms. The summed E-state index contributed by atoms with van der Waals surface area (Å²) in [6, 6.07) is 8.50. The van der Waals surface area contributed by atoms with E-state index in [0.29, 0.717) is 11.6 Å². The molecule has 0 spiro atoms. The quantitative estimate of drug-likeness (QED) is 0.932. The molecular formula is C13H14N2O3S. The highest BCUT2D eigenvalue weighted by Gasteiger charge is 2.08. The van der Waals surface area contributed by atoms with E-state index in [-0.39, 0.29) is 4.90 Å². The van der Waals surface area contributed by atoms with Gasteiger partial charge in [0, 0.05) is 6.07 Å². The number of rotatable bonds is 3. The maximum Gasteiger partial charge on any atom is 0.239 e. The average molecular weight is 278 g/mol. The van der Waals surface area contributed by atoms with Crippen LogP contribution in [0.3, 0.4) is 0 Å². The molecule has 1 aromatic heterocycles. The van der Waals surface area contributed by atoms with Crippen molar-refractivity contribution in [1.82, 2.24) is 4.98 Å². The standard InChI is InChI=1S/C13H14N2O3S/c1-9-3-4-11(7-10(9)2)18-13-6-5-12(8-15-13)19(14,16)17/h3-8H,1-2H3,(H2,14,16,17). The highest BCUT2D eigenvalue weighted by atomic mass is 32.2. The van der Waals surface area contributed by atoms with Gasteiger partial charge in [0.05, 0.1) is 6.20 Å². The SMILES string of the molecule is Cc1ccc(Oc2ccc(S(N)(=O)=O)cn2)cc1C. The maximum atomic E-state index is 11.1. The molecule has 0 aliphatic rings. The van der Waals surface area contributed by atoms with Gasteiger partial charge in [-0.15, -0.1) is 0 Å². The van der Waals surface area contributed by atoms with Gasteiger partial charge in [0.1, 0.15) is 10.6 Å². The van der Waals surface area contributed by atoms with E-state index in [1.165, 1.54) is 23.9 Å². The zero-order chi connectivity index (χ0) is 14.0. The topological polar surface area (TPSA) is 82.3 Å². The fourth-order valence-electron chi connectivity index (χ4n) is 1.49. The number of pyridine rings is 1. The second-order valence-electron chi connectivity index (χ2n) is 4.23. The molecular weight excluding hydrogens is 264 g/mol. The van der Waals surface area contributed by atoms with E-state index in [0.717, 1.165) is 5.56 Å². The minimum atomic E-state index is -3.72. The van der Waals surface area contributed by atoms with Crippen LogP contribution in [0.4, 0.5) is 0 Å². The number of benzene rings is 1. The largest absolute Gasteiger partial charge is 0.439 e. The Balaban J connectivity index is 2.22. The van der Waals surface area contributed by atoms with Crippen molar-refractivity contribution in [2.75, 3.05) is 0 Å². The van der Waals surface area contributed by atoms with Crippen molar-refractivity contribution in [1.29, 1.82) is 0 Å². The molecule has 6 heteroatoms. The van der Waals surface area contributed by atoms with Crippen LogP contribution >= 0.6 is 0 Å². The van der Waals surface area contributed by atoms with E-state index in [1.807, 2.05) is 32.0 Å². The first kappa shape index (κ1) is 13.5. The number of ether oxygens (including phenoxy) is 1. The van der Waals surface area contributed by atoms with Crippen LogP contribution in [-0.4, -0.2) is 13.4 Å². The Morgan fingerprint density at radius 3 is 2.37 bits per heavy atom. The molecule has 0 saturated heterocycles. The normalized spacial score (nSPS) is 11.3. The highest BCUT2D eigenvalue weighted by molar-refractivity contribution is 7.89. The van der Waals surface area contributed by atoms with Gasteiger partial charge in [-0.25, -0.2) is 18.5 Å². The van der Waals surface area contributed by atoms with E-state index in [1.54, 1.807) is 0 Å². The van der Waals surface area contributed by atoms with Crippen molar-refractivity contribution < 1.29 is 13.2 Å². The van der Waals surface area contributed by atoms with Crippen LogP contribution in [-0.2, 0) is 10.0 Å². The van der Waals surface area contributed by atoms with Gasteiger partial charge in [0.15, 0.2) is 0 Å². The van der Waals surface area contributed by atoms with E-state index in [2.05, 4.69) is 4.98 Å². The third-order valence-electron chi connectivity index (χ3n) is 2.74.